The summed E-state index contributed by atoms with van der Waals surface area (Å²) in [4.78, 5) is 10.0. The van der Waals surface area contributed by atoms with Gasteiger partial charge >= 0.3 is 0 Å². The number of non-ortho nitro benzene ring substituents is 1. The molecule has 1 aliphatic carbocycles. The Morgan fingerprint density at radius 1 is 1.37 bits per heavy atom. The van der Waals surface area contributed by atoms with Crippen molar-refractivity contribution in [3.8, 4) is 5.75 Å². The van der Waals surface area contributed by atoms with E-state index in [1.807, 2.05) is 0 Å². The molecular formula is C13H18N2O4. The van der Waals surface area contributed by atoms with Gasteiger partial charge in [0.2, 0.25) is 0 Å². The van der Waals surface area contributed by atoms with Crippen molar-refractivity contribution in [2.75, 3.05) is 19.7 Å². The first kappa shape index (κ1) is 13.8. The largest absolute Gasteiger partial charge is 0.492 e. The monoisotopic (exact) mass is 266 g/mol. The highest BCUT2D eigenvalue weighted by atomic mass is 16.6. The predicted octanol–water partition coefficient (Wildman–Crippen LogP) is 1.48. The Balaban J connectivity index is 1.63. The number of benzene rings is 1. The second-order valence-electron chi connectivity index (χ2n) is 4.85. The maximum Gasteiger partial charge on any atom is 0.269 e. The van der Waals surface area contributed by atoms with Crippen molar-refractivity contribution in [1.29, 1.82) is 0 Å². The predicted molar refractivity (Wildman–Crippen MR) is 70.3 cm³/mol. The van der Waals surface area contributed by atoms with Crippen LogP contribution in [0.5, 0.6) is 5.75 Å². The van der Waals surface area contributed by atoms with Crippen molar-refractivity contribution < 1.29 is 14.8 Å². The highest BCUT2D eigenvalue weighted by Gasteiger charge is 2.33. The Bertz CT molecular complexity index is 429. The summed E-state index contributed by atoms with van der Waals surface area (Å²) in [6.45, 7) is 1.70. The van der Waals surface area contributed by atoms with Crippen LogP contribution in [0, 0.1) is 10.1 Å². The maximum absolute atomic E-state index is 10.5. The minimum Gasteiger partial charge on any atom is -0.492 e. The van der Waals surface area contributed by atoms with Gasteiger partial charge in [-0.25, -0.2) is 0 Å². The molecule has 1 aliphatic rings. The Hall–Kier alpha value is -1.66. The molecule has 1 aromatic rings. The standard InChI is InChI=1S/C13H18N2O4/c16-13(6-1-7-13)10-14-8-9-19-12-4-2-11(3-5-12)15(17)18/h2-5,14,16H,1,6-10H2. The molecule has 0 bridgehead atoms. The SMILES string of the molecule is O=[N+]([O-])c1ccc(OCCNCC2(O)CCC2)cc1. The molecule has 0 spiro atoms. The molecule has 2 rings (SSSR count). The molecule has 0 amide bonds. The van der Waals surface area contributed by atoms with Gasteiger partial charge in [0.15, 0.2) is 0 Å². The van der Waals surface area contributed by atoms with Crippen LogP contribution in [0.15, 0.2) is 24.3 Å². The Kier molecular flexibility index (Phi) is 4.34. The van der Waals surface area contributed by atoms with Gasteiger partial charge in [0.1, 0.15) is 12.4 Å². The van der Waals surface area contributed by atoms with Crippen molar-refractivity contribution in [2.24, 2.45) is 0 Å². The van der Waals surface area contributed by atoms with Gasteiger partial charge in [0.05, 0.1) is 10.5 Å². The zero-order valence-corrected chi connectivity index (χ0v) is 10.7. The van der Waals surface area contributed by atoms with Gasteiger partial charge in [-0.2, -0.15) is 0 Å². The van der Waals surface area contributed by atoms with Crippen molar-refractivity contribution in [3.63, 3.8) is 0 Å². The van der Waals surface area contributed by atoms with Crippen molar-refractivity contribution >= 4 is 5.69 Å². The summed E-state index contributed by atoms with van der Waals surface area (Å²) in [7, 11) is 0. The van der Waals surface area contributed by atoms with Crippen LogP contribution >= 0.6 is 0 Å². The van der Waals surface area contributed by atoms with Crippen LogP contribution in [0.3, 0.4) is 0 Å². The first-order chi connectivity index (χ1) is 9.09. The molecule has 0 radical (unpaired) electrons. The molecule has 1 fully saturated rings. The van der Waals surface area contributed by atoms with Crippen LogP contribution in [0.4, 0.5) is 5.69 Å². The topological polar surface area (TPSA) is 84.6 Å². The van der Waals surface area contributed by atoms with E-state index in [9.17, 15) is 15.2 Å². The summed E-state index contributed by atoms with van der Waals surface area (Å²) in [5.41, 5.74) is -0.467. The number of nitro benzene ring substituents is 1. The Labute approximate surface area is 111 Å². The van der Waals surface area contributed by atoms with E-state index in [1.165, 1.54) is 12.1 Å². The minimum absolute atomic E-state index is 0.0534. The van der Waals surface area contributed by atoms with E-state index >= 15 is 0 Å². The molecule has 0 aliphatic heterocycles. The van der Waals surface area contributed by atoms with E-state index in [0.29, 0.717) is 25.4 Å². The number of nitro groups is 1. The molecule has 1 aromatic carbocycles. The third-order valence-electron chi connectivity index (χ3n) is 3.33. The van der Waals surface area contributed by atoms with Gasteiger partial charge in [-0.3, -0.25) is 10.1 Å². The number of nitrogens with one attached hydrogen (secondary N) is 1. The number of rotatable bonds is 7. The molecule has 19 heavy (non-hydrogen) atoms. The zero-order chi connectivity index (χ0) is 13.7. The summed E-state index contributed by atoms with van der Waals surface area (Å²) < 4.78 is 5.44. The van der Waals surface area contributed by atoms with Gasteiger partial charge in [-0.15, -0.1) is 0 Å². The summed E-state index contributed by atoms with van der Waals surface area (Å²) in [5.74, 6) is 0.606. The number of aliphatic hydroxyl groups is 1. The molecule has 0 atom stereocenters. The van der Waals surface area contributed by atoms with E-state index in [0.717, 1.165) is 19.3 Å². The van der Waals surface area contributed by atoms with Gasteiger partial charge in [-0.1, -0.05) is 0 Å². The van der Waals surface area contributed by atoms with Crippen molar-refractivity contribution in [3.05, 3.63) is 34.4 Å². The molecular weight excluding hydrogens is 248 g/mol. The van der Waals surface area contributed by atoms with E-state index < -0.39 is 10.5 Å². The second-order valence-corrected chi connectivity index (χ2v) is 4.85. The fraction of sp³-hybridized carbons (Fsp3) is 0.538. The molecule has 2 N–H and O–H groups in total. The first-order valence-corrected chi connectivity index (χ1v) is 6.39. The Morgan fingerprint density at radius 2 is 2.05 bits per heavy atom. The third kappa shape index (κ3) is 3.90. The molecule has 0 saturated heterocycles. The van der Waals surface area contributed by atoms with Crippen molar-refractivity contribution in [2.45, 2.75) is 24.9 Å². The van der Waals surface area contributed by atoms with Gasteiger partial charge in [0.25, 0.3) is 5.69 Å². The van der Waals surface area contributed by atoms with Crippen LogP contribution in [0.25, 0.3) is 0 Å². The summed E-state index contributed by atoms with van der Waals surface area (Å²) in [6.07, 6.45) is 2.82. The summed E-state index contributed by atoms with van der Waals surface area (Å²) in [5, 5.41) is 23.5. The lowest BCUT2D eigenvalue weighted by molar-refractivity contribution is -0.384. The molecule has 0 aromatic heterocycles. The summed E-state index contributed by atoms with van der Waals surface area (Å²) in [6, 6.07) is 5.99. The molecule has 0 heterocycles. The third-order valence-corrected chi connectivity index (χ3v) is 3.33. The van der Waals surface area contributed by atoms with E-state index in [-0.39, 0.29) is 5.69 Å². The second kappa shape index (κ2) is 5.99. The highest BCUT2D eigenvalue weighted by Crippen LogP contribution is 2.30. The van der Waals surface area contributed by atoms with Crippen LogP contribution in [-0.2, 0) is 0 Å². The van der Waals surface area contributed by atoms with Crippen LogP contribution in [-0.4, -0.2) is 35.3 Å². The van der Waals surface area contributed by atoms with Crippen molar-refractivity contribution in [1.82, 2.24) is 5.32 Å². The molecule has 6 nitrogen and oxygen atoms in total. The van der Waals surface area contributed by atoms with E-state index in [1.54, 1.807) is 12.1 Å². The lowest BCUT2D eigenvalue weighted by atomic mass is 9.80. The average Bonchev–Trinajstić information content (AvgIpc) is 2.37. The smallest absolute Gasteiger partial charge is 0.269 e. The lowest BCUT2D eigenvalue weighted by Crippen LogP contribution is -2.46. The number of hydrogen-bond donors (Lipinski definition) is 2. The van der Waals surface area contributed by atoms with Gasteiger partial charge in [-0.05, 0) is 31.4 Å². The molecule has 6 heteroatoms. The Morgan fingerprint density at radius 3 is 2.58 bits per heavy atom. The molecule has 1 saturated carbocycles. The highest BCUT2D eigenvalue weighted by molar-refractivity contribution is 5.35. The van der Waals surface area contributed by atoms with Crippen LogP contribution < -0.4 is 10.1 Å². The van der Waals surface area contributed by atoms with Gasteiger partial charge < -0.3 is 15.2 Å². The number of ether oxygens (including phenoxy) is 1. The van der Waals surface area contributed by atoms with Gasteiger partial charge in [0, 0.05) is 25.2 Å². The normalized spacial score (nSPS) is 16.7. The average molecular weight is 266 g/mol. The maximum atomic E-state index is 10.5. The van der Waals surface area contributed by atoms with E-state index in [4.69, 9.17) is 4.74 Å². The van der Waals surface area contributed by atoms with Crippen LogP contribution in [0.2, 0.25) is 0 Å². The fourth-order valence-corrected chi connectivity index (χ4v) is 1.99. The molecule has 0 unspecified atom stereocenters. The summed E-state index contributed by atoms with van der Waals surface area (Å²) >= 11 is 0. The number of nitrogens with zero attached hydrogens (tertiary/aromatic N) is 1. The van der Waals surface area contributed by atoms with E-state index in [2.05, 4.69) is 5.32 Å². The minimum atomic E-state index is -0.520. The zero-order valence-electron chi connectivity index (χ0n) is 10.7. The van der Waals surface area contributed by atoms with Crippen LogP contribution in [0.1, 0.15) is 19.3 Å². The quantitative estimate of drug-likeness (QED) is 0.443. The number of hydrogen-bond acceptors (Lipinski definition) is 5. The lowest BCUT2D eigenvalue weighted by Gasteiger charge is -2.36. The first-order valence-electron chi connectivity index (χ1n) is 6.39. The fourth-order valence-electron chi connectivity index (χ4n) is 1.99. The molecule has 104 valence electrons.